The second-order valence-electron chi connectivity index (χ2n) is 6.71. The van der Waals surface area contributed by atoms with E-state index >= 15 is 0 Å². The van der Waals surface area contributed by atoms with Gasteiger partial charge in [0.2, 0.25) is 5.91 Å². The van der Waals surface area contributed by atoms with Gasteiger partial charge < -0.3 is 19.4 Å². The summed E-state index contributed by atoms with van der Waals surface area (Å²) in [4.78, 5) is 20.5. The Labute approximate surface area is 158 Å². The Kier molecular flexibility index (Phi) is 5.41. The Hall–Kier alpha value is -2.05. The number of anilines is 2. The number of carbonyl (C=O) groups is 1. The molecular weight excluding hydrogens is 346 g/mol. The minimum absolute atomic E-state index is 0.244. The van der Waals surface area contributed by atoms with E-state index in [2.05, 4.69) is 34.1 Å². The number of morpholine rings is 1. The van der Waals surface area contributed by atoms with Crippen LogP contribution in [0.2, 0.25) is 0 Å². The summed E-state index contributed by atoms with van der Waals surface area (Å²) in [7, 11) is 0. The zero-order valence-corrected chi connectivity index (χ0v) is 15.8. The lowest BCUT2D eigenvalue weighted by Gasteiger charge is -2.39. The first-order valence-electron chi connectivity index (χ1n) is 9.28. The van der Waals surface area contributed by atoms with Crippen LogP contribution in [-0.2, 0) is 16.0 Å². The molecule has 4 rings (SSSR count). The maximum absolute atomic E-state index is 12.5. The van der Waals surface area contributed by atoms with Crippen molar-refractivity contribution < 1.29 is 9.53 Å². The van der Waals surface area contributed by atoms with E-state index in [4.69, 9.17) is 4.74 Å². The number of rotatable bonds is 4. The van der Waals surface area contributed by atoms with Crippen molar-refractivity contribution in [3.8, 4) is 0 Å². The van der Waals surface area contributed by atoms with Crippen LogP contribution in [0.3, 0.4) is 0 Å². The largest absolute Gasteiger partial charge is 0.378 e. The molecule has 0 bridgehead atoms. The van der Waals surface area contributed by atoms with E-state index in [0.29, 0.717) is 6.42 Å². The molecule has 0 radical (unpaired) electrons. The molecule has 0 N–H and O–H groups in total. The molecule has 138 valence electrons. The van der Waals surface area contributed by atoms with Crippen molar-refractivity contribution in [1.82, 2.24) is 4.90 Å². The number of ether oxygens (including phenoxy) is 1. The van der Waals surface area contributed by atoms with Gasteiger partial charge in [-0.05, 0) is 23.6 Å². The lowest BCUT2D eigenvalue weighted by Crippen LogP contribution is -2.49. The van der Waals surface area contributed by atoms with Crippen molar-refractivity contribution >= 4 is 28.6 Å². The van der Waals surface area contributed by atoms with E-state index in [0.717, 1.165) is 57.4 Å². The lowest BCUT2D eigenvalue weighted by atomic mass is 10.1. The minimum atomic E-state index is 0.244. The van der Waals surface area contributed by atoms with E-state index in [9.17, 15) is 4.79 Å². The van der Waals surface area contributed by atoms with Gasteiger partial charge in [-0.3, -0.25) is 4.79 Å². The Balaban J connectivity index is 1.39. The van der Waals surface area contributed by atoms with Crippen LogP contribution in [0, 0.1) is 0 Å². The zero-order valence-electron chi connectivity index (χ0n) is 15.0. The normalized spacial score (nSPS) is 18.2. The quantitative estimate of drug-likeness (QED) is 0.827. The standard InChI is InChI=1S/C20H25N3O2S/c24-20(16-17-4-3-15-26-17)23-9-7-21(8-10-23)18-5-1-2-6-19(18)22-11-13-25-14-12-22/h1-6,15H,7-14,16H2. The van der Waals surface area contributed by atoms with Crippen LogP contribution in [0.25, 0.3) is 0 Å². The highest BCUT2D eigenvalue weighted by Gasteiger charge is 2.24. The highest BCUT2D eigenvalue weighted by molar-refractivity contribution is 7.10. The fourth-order valence-electron chi connectivity index (χ4n) is 3.67. The number of hydrogen-bond donors (Lipinski definition) is 0. The third-order valence-corrected chi connectivity index (χ3v) is 5.99. The number of piperazine rings is 1. The molecule has 0 spiro atoms. The summed E-state index contributed by atoms with van der Waals surface area (Å²) in [6.45, 7) is 6.82. The monoisotopic (exact) mass is 371 g/mol. The van der Waals surface area contributed by atoms with Gasteiger partial charge in [0.25, 0.3) is 0 Å². The van der Waals surface area contributed by atoms with Gasteiger partial charge in [0.1, 0.15) is 0 Å². The second kappa shape index (κ2) is 8.10. The summed E-state index contributed by atoms with van der Waals surface area (Å²) in [5.74, 6) is 0.244. The molecule has 2 saturated heterocycles. The third kappa shape index (κ3) is 3.86. The van der Waals surface area contributed by atoms with Crippen molar-refractivity contribution in [1.29, 1.82) is 0 Å². The number of hydrogen-bond acceptors (Lipinski definition) is 5. The van der Waals surface area contributed by atoms with Crippen molar-refractivity contribution in [3.05, 3.63) is 46.7 Å². The molecule has 5 nitrogen and oxygen atoms in total. The highest BCUT2D eigenvalue weighted by Crippen LogP contribution is 2.30. The van der Waals surface area contributed by atoms with E-state index < -0.39 is 0 Å². The first-order valence-corrected chi connectivity index (χ1v) is 10.2. The third-order valence-electron chi connectivity index (χ3n) is 5.11. The molecule has 1 aromatic heterocycles. The maximum atomic E-state index is 12.5. The number of carbonyl (C=O) groups excluding carboxylic acids is 1. The topological polar surface area (TPSA) is 36.0 Å². The first kappa shape index (κ1) is 17.4. The summed E-state index contributed by atoms with van der Waals surface area (Å²) in [6.07, 6.45) is 0.530. The average Bonchev–Trinajstić information content (AvgIpc) is 3.22. The molecule has 0 atom stereocenters. The predicted molar refractivity (Wildman–Crippen MR) is 106 cm³/mol. The number of para-hydroxylation sites is 2. The Bertz CT molecular complexity index is 720. The van der Waals surface area contributed by atoms with Gasteiger partial charge in [-0.2, -0.15) is 0 Å². The highest BCUT2D eigenvalue weighted by atomic mass is 32.1. The van der Waals surface area contributed by atoms with E-state index in [1.165, 1.54) is 11.4 Å². The molecule has 6 heteroatoms. The Morgan fingerprint density at radius 2 is 1.54 bits per heavy atom. The number of nitrogens with zero attached hydrogens (tertiary/aromatic N) is 3. The summed E-state index contributed by atoms with van der Waals surface area (Å²) in [5.41, 5.74) is 2.56. The van der Waals surface area contributed by atoms with E-state index in [1.807, 2.05) is 22.4 Å². The maximum Gasteiger partial charge on any atom is 0.227 e. The number of amides is 1. The van der Waals surface area contributed by atoms with Gasteiger partial charge in [-0.25, -0.2) is 0 Å². The first-order chi connectivity index (χ1) is 12.8. The molecule has 1 amide bonds. The molecule has 0 aliphatic carbocycles. The molecule has 3 heterocycles. The fraction of sp³-hybridized carbons (Fsp3) is 0.450. The van der Waals surface area contributed by atoms with Crippen LogP contribution in [0.5, 0.6) is 0 Å². The Morgan fingerprint density at radius 3 is 2.15 bits per heavy atom. The average molecular weight is 372 g/mol. The molecule has 2 fully saturated rings. The molecule has 0 unspecified atom stereocenters. The molecule has 0 saturated carbocycles. The van der Waals surface area contributed by atoms with Crippen LogP contribution < -0.4 is 9.80 Å². The zero-order chi connectivity index (χ0) is 17.8. The van der Waals surface area contributed by atoms with Crippen molar-refractivity contribution in [2.75, 3.05) is 62.3 Å². The summed E-state index contributed by atoms with van der Waals surface area (Å²) >= 11 is 1.66. The fourth-order valence-corrected chi connectivity index (χ4v) is 4.37. The van der Waals surface area contributed by atoms with Gasteiger partial charge in [0.15, 0.2) is 0 Å². The molecule has 2 aliphatic heterocycles. The molecule has 26 heavy (non-hydrogen) atoms. The van der Waals surface area contributed by atoms with Gasteiger partial charge in [0.05, 0.1) is 31.0 Å². The van der Waals surface area contributed by atoms with Crippen LogP contribution in [0.4, 0.5) is 11.4 Å². The SMILES string of the molecule is O=C(Cc1cccs1)N1CCN(c2ccccc2N2CCOCC2)CC1. The van der Waals surface area contributed by atoms with Gasteiger partial charge in [-0.1, -0.05) is 18.2 Å². The van der Waals surface area contributed by atoms with Gasteiger partial charge in [-0.15, -0.1) is 11.3 Å². The summed E-state index contributed by atoms with van der Waals surface area (Å²) < 4.78 is 5.49. The number of thiophene rings is 1. The minimum Gasteiger partial charge on any atom is -0.378 e. The smallest absolute Gasteiger partial charge is 0.227 e. The van der Waals surface area contributed by atoms with Crippen LogP contribution in [0.1, 0.15) is 4.88 Å². The molecule has 2 aliphatic rings. The van der Waals surface area contributed by atoms with E-state index in [1.54, 1.807) is 11.3 Å². The van der Waals surface area contributed by atoms with Crippen molar-refractivity contribution in [3.63, 3.8) is 0 Å². The van der Waals surface area contributed by atoms with Gasteiger partial charge >= 0.3 is 0 Å². The summed E-state index contributed by atoms with van der Waals surface area (Å²) in [5, 5.41) is 2.03. The van der Waals surface area contributed by atoms with Gasteiger partial charge in [0, 0.05) is 44.1 Å². The number of benzene rings is 1. The Morgan fingerprint density at radius 1 is 0.885 bits per heavy atom. The molecule has 1 aromatic carbocycles. The van der Waals surface area contributed by atoms with Crippen LogP contribution in [0.15, 0.2) is 41.8 Å². The van der Waals surface area contributed by atoms with Crippen molar-refractivity contribution in [2.24, 2.45) is 0 Å². The van der Waals surface area contributed by atoms with E-state index in [-0.39, 0.29) is 5.91 Å². The van der Waals surface area contributed by atoms with Crippen molar-refractivity contribution in [2.45, 2.75) is 6.42 Å². The van der Waals surface area contributed by atoms with Crippen LogP contribution in [-0.4, -0.2) is 63.3 Å². The lowest BCUT2D eigenvalue weighted by molar-refractivity contribution is -0.130. The van der Waals surface area contributed by atoms with Crippen LogP contribution >= 0.6 is 11.3 Å². The predicted octanol–water partition coefficient (Wildman–Crippen LogP) is 2.48. The molecular formula is C20H25N3O2S. The second-order valence-corrected chi connectivity index (χ2v) is 7.74. The molecule has 2 aromatic rings. The summed E-state index contributed by atoms with van der Waals surface area (Å²) in [6, 6.07) is 12.7.